The molecule has 1 fully saturated rings. The van der Waals surface area contributed by atoms with Crippen LogP contribution < -0.4 is 9.47 Å². The Hall–Kier alpha value is -1.38. The second kappa shape index (κ2) is 13.4. The highest BCUT2D eigenvalue weighted by Gasteiger charge is 2.45. The highest BCUT2D eigenvalue weighted by atomic mass is 16.7. The number of aryl methyl sites for hydroxylation is 1. The van der Waals surface area contributed by atoms with E-state index in [2.05, 4.69) is 6.92 Å². The van der Waals surface area contributed by atoms with Gasteiger partial charge in [-0.2, -0.15) is 0 Å². The molecule has 0 unspecified atom stereocenters. The van der Waals surface area contributed by atoms with Crippen molar-refractivity contribution in [3.8, 4) is 11.5 Å². The smallest absolute Gasteiger partial charge is 0.229 e. The number of ether oxygens (including phenoxy) is 3. The Balaban J connectivity index is 1.92. The molecule has 1 aromatic rings. The minimum absolute atomic E-state index is 0.493. The molecule has 184 valence electrons. The minimum Gasteiger partial charge on any atom is -0.493 e. The van der Waals surface area contributed by atoms with Crippen LogP contribution >= 0.6 is 0 Å². The van der Waals surface area contributed by atoms with Crippen molar-refractivity contribution < 1.29 is 34.6 Å². The van der Waals surface area contributed by atoms with E-state index in [1.54, 1.807) is 0 Å². The fraction of sp³-hybridized carbons (Fsp3) is 0.760. The van der Waals surface area contributed by atoms with Crippen molar-refractivity contribution in [2.75, 3.05) is 13.2 Å². The highest BCUT2D eigenvalue weighted by Crippen LogP contribution is 2.35. The van der Waals surface area contributed by atoms with Gasteiger partial charge >= 0.3 is 0 Å². The predicted octanol–water partition coefficient (Wildman–Crippen LogP) is 3.31. The first-order chi connectivity index (χ1) is 15.3. The molecule has 5 atom stereocenters. The molecule has 1 aliphatic rings. The third-order valence-corrected chi connectivity index (χ3v) is 6.32. The third-order valence-electron chi connectivity index (χ3n) is 6.32. The molecular formula is C25H42O7. The van der Waals surface area contributed by atoms with Crippen LogP contribution in [0.4, 0.5) is 0 Å². The second-order valence-electron chi connectivity index (χ2n) is 8.91. The summed E-state index contributed by atoms with van der Waals surface area (Å²) in [4.78, 5) is 0. The number of aliphatic hydroxyl groups excluding tert-OH is 4. The van der Waals surface area contributed by atoms with Gasteiger partial charge in [-0.3, -0.25) is 0 Å². The first-order valence-corrected chi connectivity index (χ1v) is 12.0. The van der Waals surface area contributed by atoms with Crippen LogP contribution in [0.15, 0.2) is 6.07 Å². The highest BCUT2D eigenvalue weighted by molar-refractivity contribution is 5.52. The molecule has 7 nitrogen and oxygen atoms in total. The Kier molecular flexibility index (Phi) is 11.2. The Morgan fingerprint density at radius 3 is 2.09 bits per heavy atom. The van der Waals surface area contributed by atoms with Crippen LogP contribution in [-0.4, -0.2) is 64.3 Å². The summed E-state index contributed by atoms with van der Waals surface area (Å²) in [7, 11) is 0. The van der Waals surface area contributed by atoms with E-state index < -0.39 is 37.3 Å². The normalized spacial score (nSPS) is 25.7. The number of benzene rings is 1. The van der Waals surface area contributed by atoms with E-state index in [0.717, 1.165) is 28.9 Å². The molecule has 7 heteroatoms. The van der Waals surface area contributed by atoms with Gasteiger partial charge in [0.2, 0.25) is 6.29 Å². The minimum atomic E-state index is -1.47. The summed E-state index contributed by atoms with van der Waals surface area (Å²) < 4.78 is 17.4. The molecule has 1 saturated heterocycles. The molecule has 0 saturated carbocycles. The van der Waals surface area contributed by atoms with Crippen LogP contribution in [0.5, 0.6) is 11.5 Å². The van der Waals surface area contributed by atoms with Crippen LogP contribution in [0.1, 0.15) is 75.0 Å². The van der Waals surface area contributed by atoms with Gasteiger partial charge in [0.05, 0.1) is 13.2 Å². The Bertz CT molecular complexity index is 691. The maximum Gasteiger partial charge on any atom is 0.229 e. The van der Waals surface area contributed by atoms with Crippen LogP contribution in [0, 0.1) is 20.8 Å². The van der Waals surface area contributed by atoms with E-state index in [1.165, 1.54) is 44.9 Å². The summed E-state index contributed by atoms with van der Waals surface area (Å²) in [6.07, 6.45) is 3.46. The predicted molar refractivity (Wildman–Crippen MR) is 123 cm³/mol. The lowest BCUT2D eigenvalue weighted by atomic mass is 9.99. The Labute approximate surface area is 192 Å². The van der Waals surface area contributed by atoms with Gasteiger partial charge < -0.3 is 34.6 Å². The maximum atomic E-state index is 10.3. The van der Waals surface area contributed by atoms with Crippen molar-refractivity contribution in [1.82, 2.24) is 0 Å². The Morgan fingerprint density at radius 1 is 0.844 bits per heavy atom. The van der Waals surface area contributed by atoms with Gasteiger partial charge in [-0.1, -0.05) is 51.9 Å². The van der Waals surface area contributed by atoms with Gasteiger partial charge in [-0.15, -0.1) is 0 Å². The molecule has 1 heterocycles. The first kappa shape index (κ1) is 26.9. The van der Waals surface area contributed by atoms with Crippen molar-refractivity contribution in [3.63, 3.8) is 0 Å². The van der Waals surface area contributed by atoms with E-state index in [4.69, 9.17) is 14.2 Å². The molecule has 0 spiro atoms. The summed E-state index contributed by atoms with van der Waals surface area (Å²) in [5.41, 5.74) is 2.61. The zero-order valence-electron chi connectivity index (χ0n) is 20.0. The van der Waals surface area contributed by atoms with E-state index in [1.807, 2.05) is 26.8 Å². The monoisotopic (exact) mass is 454 g/mol. The first-order valence-electron chi connectivity index (χ1n) is 12.0. The average Bonchev–Trinajstić information content (AvgIpc) is 2.78. The fourth-order valence-electron chi connectivity index (χ4n) is 4.05. The van der Waals surface area contributed by atoms with Crippen LogP contribution in [0.25, 0.3) is 0 Å². The van der Waals surface area contributed by atoms with Crippen LogP contribution in [-0.2, 0) is 4.74 Å². The molecule has 0 radical (unpaired) electrons. The SMILES string of the molecule is CCCCCCCCCCOc1cc(C)c(O[C@@H]2O[C@H](CO)[C@@H](O)[C@H](O)[C@H]2O)c(C)c1C. The Morgan fingerprint density at radius 2 is 1.47 bits per heavy atom. The fourth-order valence-corrected chi connectivity index (χ4v) is 4.05. The lowest BCUT2D eigenvalue weighted by Gasteiger charge is -2.40. The number of hydrogen-bond acceptors (Lipinski definition) is 7. The topological polar surface area (TPSA) is 109 Å². The third kappa shape index (κ3) is 7.06. The summed E-state index contributed by atoms with van der Waals surface area (Å²) in [6, 6.07) is 1.91. The maximum absolute atomic E-state index is 10.3. The van der Waals surface area contributed by atoms with Crippen molar-refractivity contribution in [2.24, 2.45) is 0 Å². The summed E-state index contributed by atoms with van der Waals surface area (Å²) in [5.74, 6) is 1.34. The van der Waals surface area contributed by atoms with E-state index in [0.29, 0.717) is 12.4 Å². The van der Waals surface area contributed by atoms with Gasteiger partial charge in [0.1, 0.15) is 35.9 Å². The molecule has 2 rings (SSSR count). The standard InChI is InChI=1S/C25H42O7/c1-5-6-7-8-9-10-11-12-13-30-19-14-16(2)24(18(4)17(19)3)32-25-23(29)22(28)21(27)20(15-26)31-25/h14,20-23,25-29H,5-13,15H2,1-4H3/t20-,21-,22+,23-,25+/m1/s1. The van der Waals surface area contributed by atoms with Crippen molar-refractivity contribution in [3.05, 3.63) is 22.8 Å². The van der Waals surface area contributed by atoms with Gasteiger partial charge in [0.25, 0.3) is 0 Å². The van der Waals surface area contributed by atoms with E-state index in [-0.39, 0.29) is 0 Å². The quantitative estimate of drug-likeness (QED) is 0.339. The zero-order chi connectivity index (χ0) is 23.7. The van der Waals surface area contributed by atoms with Crippen molar-refractivity contribution >= 4 is 0 Å². The van der Waals surface area contributed by atoms with Crippen molar-refractivity contribution in [1.29, 1.82) is 0 Å². The lowest BCUT2D eigenvalue weighted by Crippen LogP contribution is -2.60. The van der Waals surface area contributed by atoms with Crippen molar-refractivity contribution in [2.45, 2.75) is 110 Å². The molecule has 32 heavy (non-hydrogen) atoms. The molecule has 0 aromatic heterocycles. The zero-order valence-corrected chi connectivity index (χ0v) is 20.0. The summed E-state index contributed by atoms with van der Waals surface area (Å²) >= 11 is 0. The van der Waals surface area contributed by atoms with E-state index >= 15 is 0 Å². The summed E-state index contributed by atoms with van der Waals surface area (Å²) in [5, 5.41) is 39.6. The lowest BCUT2D eigenvalue weighted by molar-refractivity contribution is -0.277. The van der Waals surface area contributed by atoms with Gasteiger partial charge in [0.15, 0.2) is 0 Å². The van der Waals surface area contributed by atoms with Gasteiger partial charge in [-0.05, 0) is 49.9 Å². The molecule has 0 aliphatic carbocycles. The summed E-state index contributed by atoms with van der Waals surface area (Å²) in [6.45, 7) is 8.16. The molecule has 0 bridgehead atoms. The van der Waals surface area contributed by atoms with E-state index in [9.17, 15) is 20.4 Å². The molecule has 4 N–H and O–H groups in total. The van der Waals surface area contributed by atoms with Gasteiger partial charge in [0, 0.05) is 0 Å². The molecule has 1 aliphatic heterocycles. The number of rotatable bonds is 13. The van der Waals surface area contributed by atoms with Gasteiger partial charge in [-0.25, -0.2) is 0 Å². The molecule has 1 aromatic carbocycles. The number of unbranched alkanes of at least 4 members (excludes halogenated alkanes) is 7. The number of aliphatic hydroxyl groups is 4. The second-order valence-corrected chi connectivity index (χ2v) is 8.91. The molecular weight excluding hydrogens is 412 g/mol. The molecule has 0 amide bonds. The average molecular weight is 455 g/mol. The van der Waals surface area contributed by atoms with Crippen LogP contribution in [0.2, 0.25) is 0 Å². The number of hydrogen-bond donors (Lipinski definition) is 4. The largest absolute Gasteiger partial charge is 0.493 e. The van der Waals surface area contributed by atoms with Crippen LogP contribution in [0.3, 0.4) is 0 Å².